The maximum absolute atomic E-state index is 11.0. The minimum absolute atomic E-state index is 0.0868. The summed E-state index contributed by atoms with van der Waals surface area (Å²) < 4.78 is 4.44. The molecule has 13 heavy (non-hydrogen) atoms. The molecule has 0 aromatic rings. The number of methoxy groups -OCH3 is 1. The third kappa shape index (κ3) is 2.72. The van der Waals surface area contributed by atoms with Gasteiger partial charge in [0.05, 0.1) is 18.9 Å². The van der Waals surface area contributed by atoms with Crippen LogP contribution in [0.4, 0.5) is 0 Å². The standard InChI is InChI=1S/C9H16O4/c1-6(2)9(3,8(11)12)5-7(10)13-4/h6H,5H2,1-4H3,(H,11,12). The van der Waals surface area contributed by atoms with Gasteiger partial charge in [-0.3, -0.25) is 9.59 Å². The first kappa shape index (κ1) is 11.9. The summed E-state index contributed by atoms with van der Waals surface area (Å²) in [6.07, 6.45) is -0.0868. The molecule has 0 spiro atoms. The molecule has 1 unspecified atom stereocenters. The SMILES string of the molecule is COC(=O)CC(C)(C(=O)O)C(C)C. The average molecular weight is 188 g/mol. The molecule has 0 rings (SSSR count). The summed E-state index contributed by atoms with van der Waals surface area (Å²) in [5.41, 5.74) is -1.03. The van der Waals surface area contributed by atoms with Crippen LogP contribution in [0.25, 0.3) is 0 Å². The molecule has 4 heteroatoms. The van der Waals surface area contributed by atoms with E-state index >= 15 is 0 Å². The van der Waals surface area contributed by atoms with Gasteiger partial charge in [0.15, 0.2) is 0 Å². The second-order valence-electron chi connectivity index (χ2n) is 3.63. The van der Waals surface area contributed by atoms with E-state index in [1.54, 1.807) is 20.8 Å². The number of rotatable bonds is 4. The number of hydrogen-bond donors (Lipinski definition) is 1. The molecule has 0 heterocycles. The van der Waals surface area contributed by atoms with Crippen molar-refractivity contribution in [3.05, 3.63) is 0 Å². The number of carbonyl (C=O) groups excluding carboxylic acids is 1. The van der Waals surface area contributed by atoms with Crippen LogP contribution in [-0.4, -0.2) is 24.2 Å². The van der Waals surface area contributed by atoms with Crippen molar-refractivity contribution in [2.24, 2.45) is 11.3 Å². The van der Waals surface area contributed by atoms with E-state index in [4.69, 9.17) is 5.11 Å². The number of ether oxygens (including phenoxy) is 1. The van der Waals surface area contributed by atoms with Crippen LogP contribution in [0.3, 0.4) is 0 Å². The van der Waals surface area contributed by atoms with Gasteiger partial charge in [-0.15, -0.1) is 0 Å². The molecule has 0 aromatic carbocycles. The fourth-order valence-corrected chi connectivity index (χ4v) is 0.899. The molecule has 0 aromatic heterocycles. The van der Waals surface area contributed by atoms with Crippen LogP contribution in [0, 0.1) is 11.3 Å². The van der Waals surface area contributed by atoms with E-state index in [0.29, 0.717) is 0 Å². The summed E-state index contributed by atoms with van der Waals surface area (Å²) >= 11 is 0. The lowest BCUT2D eigenvalue weighted by Crippen LogP contribution is -2.35. The largest absolute Gasteiger partial charge is 0.481 e. The van der Waals surface area contributed by atoms with Gasteiger partial charge >= 0.3 is 11.9 Å². The molecule has 0 amide bonds. The molecular formula is C9H16O4. The molecule has 0 aliphatic heterocycles. The van der Waals surface area contributed by atoms with E-state index in [1.165, 1.54) is 7.11 Å². The topological polar surface area (TPSA) is 63.6 Å². The molecule has 0 fully saturated rings. The van der Waals surface area contributed by atoms with E-state index in [-0.39, 0.29) is 12.3 Å². The Labute approximate surface area is 77.9 Å². The minimum Gasteiger partial charge on any atom is -0.481 e. The van der Waals surface area contributed by atoms with Crippen LogP contribution in [0.1, 0.15) is 27.2 Å². The molecule has 0 saturated heterocycles. The van der Waals surface area contributed by atoms with Crippen LogP contribution in [0.15, 0.2) is 0 Å². The third-order valence-corrected chi connectivity index (χ3v) is 2.50. The zero-order valence-electron chi connectivity index (χ0n) is 8.46. The zero-order valence-corrected chi connectivity index (χ0v) is 8.46. The van der Waals surface area contributed by atoms with Crippen LogP contribution >= 0.6 is 0 Å². The number of esters is 1. The molecule has 1 atom stereocenters. The highest BCUT2D eigenvalue weighted by Gasteiger charge is 2.39. The number of carbonyl (C=O) groups is 2. The highest BCUT2D eigenvalue weighted by Crippen LogP contribution is 2.31. The second-order valence-corrected chi connectivity index (χ2v) is 3.63. The monoisotopic (exact) mass is 188 g/mol. The van der Waals surface area contributed by atoms with Crippen molar-refractivity contribution < 1.29 is 19.4 Å². The summed E-state index contributed by atoms with van der Waals surface area (Å²) in [7, 11) is 1.25. The summed E-state index contributed by atoms with van der Waals surface area (Å²) in [6.45, 7) is 5.10. The maximum atomic E-state index is 11.0. The second kappa shape index (κ2) is 4.25. The molecule has 76 valence electrons. The number of hydrogen-bond acceptors (Lipinski definition) is 3. The third-order valence-electron chi connectivity index (χ3n) is 2.50. The van der Waals surface area contributed by atoms with Crippen LogP contribution in [0.2, 0.25) is 0 Å². The van der Waals surface area contributed by atoms with Crippen molar-refractivity contribution in [3.8, 4) is 0 Å². The Morgan fingerprint density at radius 3 is 2.15 bits per heavy atom. The van der Waals surface area contributed by atoms with Crippen LogP contribution < -0.4 is 0 Å². The van der Waals surface area contributed by atoms with Gasteiger partial charge in [0.2, 0.25) is 0 Å². The fraction of sp³-hybridized carbons (Fsp3) is 0.778. The number of aliphatic carboxylic acids is 1. The van der Waals surface area contributed by atoms with Crippen LogP contribution in [0.5, 0.6) is 0 Å². The molecule has 4 nitrogen and oxygen atoms in total. The lowest BCUT2D eigenvalue weighted by atomic mass is 9.76. The predicted octanol–water partition coefficient (Wildman–Crippen LogP) is 1.30. The van der Waals surface area contributed by atoms with Gasteiger partial charge in [-0.2, -0.15) is 0 Å². The van der Waals surface area contributed by atoms with Gasteiger partial charge in [0.25, 0.3) is 0 Å². The fourth-order valence-electron chi connectivity index (χ4n) is 0.899. The van der Waals surface area contributed by atoms with Crippen molar-refractivity contribution in [1.29, 1.82) is 0 Å². The molecule has 0 aliphatic carbocycles. The Kier molecular flexibility index (Phi) is 3.91. The van der Waals surface area contributed by atoms with E-state index in [9.17, 15) is 9.59 Å². The van der Waals surface area contributed by atoms with Gasteiger partial charge in [-0.05, 0) is 12.8 Å². The Morgan fingerprint density at radius 2 is 1.92 bits per heavy atom. The molecule has 0 aliphatic rings. The molecule has 1 N–H and O–H groups in total. The number of carboxylic acid groups (broad SMARTS) is 1. The predicted molar refractivity (Wildman–Crippen MR) is 47.2 cm³/mol. The van der Waals surface area contributed by atoms with Crippen molar-refractivity contribution in [3.63, 3.8) is 0 Å². The Morgan fingerprint density at radius 1 is 1.46 bits per heavy atom. The highest BCUT2D eigenvalue weighted by molar-refractivity contribution is 5.82. The lowest BCUT2D eigenvalue weighted by Gasteiger charge is -2.27. The Bertz CT molecular complexity index is 210. The normalized spacial score (nSPS) is 15.2. The Hall–Kier alpha value is -1.06. The number of carboxylic acids is 1. The van der Waals surface area contributed by atoms with Gasteiger partial charge in [-0.25, -0.2) is 0 Å². The van der Waals surface area contributed by atoms with Gasteiger partial charge in [-0.1, -0.05) is 13.8 Å². The highest BCUT2D eigenvalue weighted by atomic mass is 16.5. The first-order valence-electron chi connectivity index (χ1n) is 4.14. The van der Waals surface area contributed by atoms with Crippen molar-refractivity contribution >= 4 is 11.9 Å². The molecule has 0 saturated carbocycles. The smallest absolute Gasteiger partial charge is 0.310 e. The quantitative estimate of drug-likeness (QED) is 0.675. The minimum atomic E-state index is -1.03. The van der Waals surface area contributed by atoms with Gasteiger partial charge in [0, 0.05) is 0 Å². The van der Waals surface area contributed by atoms with Crippen molar-refractivity contribution in [2.45, 2.75) is 27.2 Å². The maximum Gasteiger partial charge on any atom is 0.310 e. The van der Waals surface area contributed by atoms with E-state index < -0.39 is 17.4 Å². The van der Waals surface area contributed by atoms with Crippen LogP contribution in [-0.2, 0) is 14.3 Å². The summed E-state index contributed by atoms with van der Waals surface area (Å²) in [4.78, 5) is 21.9. The summed E-state index contributed by atoms with van der Waals surface area (Å²) in [5, 5.41) is 8.94. The van der Waals surface area contributed by atoms with Crippen molar-refractivity contribution in [2.75, 3.05) is 7.11 Å². The summed E-state index contributed by atoms with van der Waals surface area (Å²) in [6, 6.07) is 0. The van der Waals surface area contributed by atoms with Crippen molar-refractivity contribution in [1.82, 2.24) is 0 Å². The first-order valence-corrected chi connectivity index (χ1v) is 4.14. The first-order chi connectivity index (χ1) is 5.84. The zero-order chi connectivity index (χ0) is 10.6. The Balaban J connectivity index is 4.61. The van der Waals surface area contributed by atoms with Gasteiger partial charge < -0.3 is 9.84 Å². The van der Waals surface area contributed by atoms with E-state index in [1.807, 2.05) is 0 Å². The van der Waals surface area contributed by atoms with Gasteiger partial charge in [0.1, 0.15) is 0 Å². The molecule has 0 bridgehead atoms. The molecule has 0 radical (unpaired) electrons. The lowest BCUT2D eigenvalue weighted by molar-refractivity contribution is -0.158. The summed E-state index contributed by atoms with van der Waals surface area (Å²) in [5.74, 6) is -1.56. The van der Waals surface area contributed by atoms with E-state index in [0.717, 1.165) is 0 Å². The average Bonchev–Trinajstić information content (AvgIpc) is 2.03. The van der Waals surface area contributed by atoms with E-state index in [2.05, 4.69) is 4.74 Å². The molecular weight excluding hydrogens is 172 g/mol.